The molecule has 0 N–H and O–H groups in total. The van der Waals surface area contributed by atoms with Gasteiger partial charge in [-0.1, -0.05) is 27.7 Å². The Morgan fingerprint density at radius 3 is 2.00 bits per heavy atom. The molecule has 0 spiro atoms. The maximum absolute atomic E-state index is 3.80. The van der Waals surface area contributed by atoms with E-state index in [1.165, 1.54) is 0 Å². The van der Waals surface area contributed by atoms with Crippen LogP contribution in [-0.4, -0.2) is 11.0 Å². The SMILES string of the molecule is [CH2]CSC(C)C(C)(C)C. The maximum Gasteiger partial charge on any atom is 0.00672 e. The van der Waals surface area contributed by atoms with Crippen molar-refractivity contribution in [3.63, 3.8) is 0 Å². The molecule has 1 unspecified atom stereocenters. The highest BCUT2D eigenvalue weighted by atomic mass is 32.2. The van der Waals surface area contributed by atoms with E-state index < -0.39 is 0 Å². The van der Waals surface area contributed by atoms with Gasteiger partial charge in [0.1, 0.15) is 0 Å². The van der Waals surface area contributed by atoms with Crippen molar-refractivity contribution in [3.05, 3.63) is 6.92 Å². The first-order valence-corrected chi connectivity index (χ1v) is 4.44. The number of thioether (sulfide) groups is 1. The van der Waals surface area contributed by atoms with Crippen LogP contribution < -0.4 is 0 Å². The molecule has 0 bridgehead atoms. The van der Waals surface area contributed by atoms with Crippen molar-refractivity contribution in [1.29, 1.82) is 0 Å². The molecule has 0 saturated heterocycles. The summed E-state index contributed by atoms with van der Waals surface area (Å²) in [5, 5.41) is 0.718. The Labute approximate surface area is 63.4 Å². The number of hydrogen-bond acceptors (Lipinski definition) is 1. The minimum Gasteiger partial charge on any atom is -0.158 e. The lowest BCUT2D eigenvalue weighted by Gasteiger charge is -2.25. The minimum atomic E-state index is 0.433. The highest BCUT2D eigenvalue weighted by Crippen LogP contribution is 2.29. The third-order valence-electron chi connectivity index (χ3n) is 1.59. The van der Waals surface area contributed by atoms with Crippen LogP contribution in [0.15, 0.2) is 0 Å². The summed E-state index contributed by atoms with van der Waals surface area (Å²) in [6.45, 7) is 12.9. The van der Waals surface area contributed by atoms with Gasteiger partial charge in [-0.3, -0.25) is 0 Å². The fourth-order valence-electron chi connectivity index (χ4n) is 0.427. The van der Waals surface area contributed by atoms with Gasteiger partial charge in [0.25, 0.3) is 0 Å². The normalized spacial score (nSPS) is 15.7. The first-order chi connectivity index (χ1) is 3.98. The van der Waals surface area contributed by atoms with Crippen molar-refractivity contribution in [2.24, 2.45) is 5.41 Å². The summed E-state index contributed by atoms with van der Waals surface area (Å²) in [6, 6.07) is 0. The van der Waals surface area contributed by atoms with Crippen LogP contribution in [0.4, 0.5) is 0 Å². The van der Waals surface area contributed by atoms with E-state index in [0.717, 1.165) is 11.0 Å². The highest BCUT2D eigenvalue weighted by Gasteiger charge is 2.18. The summed E-state index contributed by atoms with van der Waals surface area (Å²) in [6.07, 6.45) is 0. The molecule has 0 aliphatic heterocycles. The highest BCUT2D eigenvalue weighted by molar-refractivity contribution is 8.00. The summed E-state index contributed by atoms with van der Waals surface area (Å²) < 4.78 is 0. The van der Waals surface area contributed by atoms with Gasteiger partial charge in [-0.2, -0.15) is 11.8 Å². The van der Waals surface area contributed by atoms with Gasteiger partial charge in [-0.25, -0.2) is 0 Å². The van der Waals surface area contributed by atoms with Crippen molar-refractivity contribution in [1.82, 2.24) is 0 Å². The van der Waals surface area contributed by atoms with E-state index in [1.807, 2.05) is 11.8 Å². The molecule has 0 aliphatic carbocycles. The Hall–Kier alpha value is 0.350. The van der Waals surface area contributed by atoms with Gasteiger partial charge >= 0.3 is 0 Å². The van der Waals surface area contributed by atoms with E-state index in [9.17, 15) is 0 Å². The first-order valence-electron chi connectivity index (χ1n) is 3.39. The van der Waals surface area contributed by atoms with Crippen molar-refractivity contribution >= 4 is 11.8 Å². The van der Waals surface area contributed by atoms with Gasteiger partial charge in [-0.05, 0) is 18.1 Å². The monoisotopic (exact) mass is 145 g/mol. The van der Waals surface area contributed by atoms with Crippen LogP contribution >= 0.6 is 11.8 Å². The lowest BCUT2D eigenvalue weighted by molar-refractivity contribution is 0.411. The summed E-state index contributed by atoms with van der Waals surface area (Å²) >= 11 is 1.93. The molecule has 0 heterocycles. The predicted octanol–water partition coefficient (Wildman–Crippen LogP) is 2.99. The molecular formula is C8H17S. The predicted molar refractivity (Wildman–Crippen MR) is 46.7 cm³/mol. The summed E-state index contributed by atoms with van der Waals surface area (Å²) in [4.78, 5) is 0. The van der Waals surface area contributed by atoms with Crippen LogP contribution in [0.3, 0.4) is 0 Å². The molecule has 1 radical (unpaired) electrons. The molecule has 9 heavy (non-hydrogen) atoms. The topological polar surface area (TPSA) is 0 Å². The van der Waals surface area contributed by atoms with Crippen LogP contribution in [0.2, 0.25) is 0 Å². The molecular weight excluding hydrogens is 128 g/mol. The quantitative estimate of drug-likeness (QED) is 0.575. The number of hydrogen-bond donors (Lipinski definition) is 0. The van der Waals surface area contributed by atoms with E-state index in [2.05, 4.69) is 34.6 Å². The summed E-state index contributed by atoms with van der Waals surface area (Å²) in [5.74, 6) is 0.985. The molecule has 0 aliphatic rings. The van der Waals surface area contributed by atoms with E-state index >= 15 is 0 Å². The van der Waals surface area contributed by atoms with E-state index in [4.69, 9.17) is 0 Å². The van der Waals surface area contributed by atoms with Crippen LogP contribution in [0.1, 0.15) is 27.7 Å². The van der Waals surface area contributed by atoms with Crippen molar-refractivity contribution in [2.45, 2.75) is 32.9 Å². The van der Waals surface area contributed by atoms with E-state index in [1.54, 1.807) is 0 Å². The van der Waals surface area contributed by atoms with Gasteiger partial charge < -0.3 is 0 Å². The molecule has 0 aromatic carbocycles. The largest absolute Gasteiger partial charge is 0.158 e. The molecule has 0 nitrogen and oxygen atoms in total. The Morgan fingerprint density at radius 2 is 1.89 bits per heavy atom. The molecule has 0 rings (SSSR count). The lowest BCUT2D eigenvalue weighted by Crippen LogP contribution is -2.19. The number of rotatable bonds is 2. The molecule has 1 atom stereocenters. The molecule has 55 valence electrons. The van der Waals surface area contributed by atoms with Crippen molar-refractivity contribution in [3.8, 4) is 0 Å². The molecule has 1 heteroatoms. The van der Waals surface area contributed by atoms with Gasteiger partial charge in [-0.15, -0.1) is 0 Å². The Morgan fingerprint density at radius 1 is 1.44 bits per heavy atom. The summed E-state index contributed by atoms with van der Waals surface area (Å²) in [5.41, 5.74) is 0.433. The molecule has 0 aromatic rings. The molecule has 0 fully saturated rings. The molecule has 0 aromatic heterocycles. The zero-order valence-electron chi connectivity index (χ0n) is 6.90. The van der Waals surface area contributed by atoms with Crippen LogP contribution in [-0.2, 0) is 0 Å². The second-order valence-electron chi connectivity index (χ2n) is 3.38. The fraction of sp³-hybridized carbons (Fsp3) is 0.875. The zero-order valence-corrected chi connectivity index (χ0v) is 7.72. The Bertz CT molecular complexity index is 71.1. The Kier molecular flexibility index (Phi) is 3.64. The van der Waals surface area contributed by atoms with Gasteiger partial charge in [0.15, 0.2) is 0 Å². The lowest BCUT2D eigenvalue weighted by atomic mass is 9.93. The molecule has 0 saturated carbocycles. The van der Waals surface area contributed by atoms with Crippen LogP contribution in [0, 0.1) is 12.3 Å². The van der Waals surface area contributed by atoms with Gasteiger partial charge in [0.05, 0.1) is 0 Å². The first kappa shape index (κ1) is 9.35. The average molecular weight is 145 g/mol. The third kappa shape index (κ3) is 3.85. The van der Waals surface area contributed by atoms with E-state index in [0.29, 0.717) is 5.41 Å². The van der Waals surface area contributed by atoms with E-state index in [-0.39, 0.29) is 0 Å². The standard InChI is InChI=1S/C8H17S/c1-6-9-7(2)8(3,4)5/h7H,1,6H2,2-5H3. The van der Waals surface area contributed by atoms with Crippen LogP contribution in [0.25, 0.3) is 0 Å². The average Bonchev–Trinajstić information content (AvgIpc) is 1.64. The Balaban J connectivity index is 3.59. The second-order valence-corrected chi connectivity index (χ2v) is 4.83. The van der Waals surface area contributed by atoms with Crippen LogP contribution in [0.5, 0.6) is 0 Å². The summed E-state index contributed by atoms with van der Waals surface area (Å²) in [7, 11) is 0. The second kappa shape index (κ2) is 3.50. The smallest absolute Gasteiger partial charge is 0.00672 e. The zero-order chi connectivity index (χ0) is 7.49. The van der Waals surface area contributed by atoms with Gasteiger partial charge in [0.2, 0.25) is 0 Å². The minimum absolute atomic E-state index is 0.433. The van der Waals surface area contributed by atoms with Gasteiger partial charge in [0, 0.05) is 5.25 Å². The van der Waals surface area contributed by atoms with Crippen molar-refractivity contribution < 1.29 is 0 Å². The maximum atomic E-state index is 3.80. The van der Waals surface area contributed by atoms with Crippen molar-refractivity contribution in [2.75, 3.05) is 5.75 Å². The third-order valence-corrected chi connectivity index (χ3v) is 3.03. The molecule has 0 amide bonds. The fourth-order valence-corrected chi connectivity index (χ4v) is 1.28.